The summed E-state index contributed by atoms with van der Waals surface area (Å²) in [6.45, 7) is 0. The average Bonchev–Trinajstić information content (AvgIpc) is 2.49. The summed E-state index contributed by atoms with van der Waals surface area (Å²) in [6, 6.07) is 13.4. The lowest BCUT2D eigenvalue weighted by atomic mass is 9.98. The van der Waals surface area contributed by atoms with E-state index in [1.165, 1.54) is 12.1 Å². The van der Waals surface area contributed by atoms with Crippen LogP contribution in [0.1, 0.15) is 15.9 Å². The summed E-state index contributed by atoms with van der Waals surface area (Å²) in [5.74, 6) is -0.272. The fraction of sp³-hybridized carbons (Fsp3) is 0.0588. The van der Waals surface area contributed by atoms with Gasteiger partial charge in [-0.25, -0.2) is 4.39 Å². The summed E-state index contributed by atoms with van der Waals surface area (Å²) in [7, 11) is 0. The molecule has 20 heavy (non-hydrogen) atoms. The normalized spacial score (nSPS) is 10.7. The van der Waals surface area contributed by atoms with Gasteiger partial charge in [-0.2, -0.15) is 0 Å². The van der Waals surface area contributed by atoms with Crippen LogP contribution in [0.3, 0.4) is 0 Å². The smallest absolute Gasteiger partial charge is 0.167 e. The standard InChI is InChI=1S/C17H12FNO/c18-14-6-4-12(5-7-14)10-17(20)16-3-1-2-13-11-19-9-8-15(13)16/h1-9,11H,10H2. The second-order valence-electron chi connectivity index (χ2n) is 4.63. The molecule has 98 valence electrons. The maximum atomic E-state index is 12.9. The molecule has 0 bridgehead atoms. The van der Waals surface area contributed by atoms with E-state index in [-0.39, 0.29) is 18.0 Å². The van der Waals surface area contributed by atoms with Crippen molar-refractivity contribution in [3.8, 4) is 0 Å². The van der Waals surface area contributed by atoms with Crippen molar-refractivity contribution in [2.75, 3.05) is 0 Å². The maximum absolute atomic E-state index is 12.9. The van der Waals surface area contributed by atoms with Gasteiger partial charge in [-0.3, -0.25) is 9.78 Å². The highest BCUT2D eigenvalue weighted by Crippen LogP contribution is 2.19. The van der Waals surface area contributed by atoms with E-state index in [0.717, 1.165) is 16.3 Å². The van der Waals surface area contributed by atoms with Crippen molar-refractivity contribution in [1.29, 1.82) is 0 Å². The number of aromatic nitrogens is 1. The van der Waals surface area contributed by atoms with Crippen molar-refractivity contribution in [3.05, 3.63) is 77.9 Å². The molecule has 3 aromatic rings. The first-order chi connectivity index (χ1) is 9.74. The number of fused-ring (bicyclic) bond motifs is 1. The molecule has 0 aliphatic heterocycles. The number of ketones is 1. The number of carbonyl (C=O) groups excluding carboxylic acids is 1. The van der Waals surface area contributed by atoms with Crippen LogP contribution in [-0.2, 0) is 6.42 Å². The summed E-state index contributed by atoms with van der Waals surface area (Å²) in [6.07, 6.45) is 3.68. The minimum absolute atomic E-state index is 0.0217. The van der Waals surface area contributed by atoms with Crippen LogP contribution in [0.15, 0.2) is 60.9 Å². The van der Waals surface area contributed by atoms with E-state index in [9.17, 15) is 9.18 Å². The SMILES string of the molecule is O=C(Cc1ccc(F)cc1)c1cccc2cnccc12. The van der Waals surface area contributed by atoms with Crippen molar-refractivity contribution in [3.63, 3.8) is 0 Å². The summed E-state index contributed by atoms with van der Waals surface area (Å²) in [4.78, 5) is 16.5. The quantitative estimate of drug-likeness (QED) is 0.674. The summed E-state index contributed by atoms with van der Waals surface area (Å²) >= 11 is 0. The van der Waals surface area contributed by atoms with Gasteiger partial charge in [0.25, 0.3) is 0 Å². The summed E-state index contributed by atoms with van der Waals surface area (Å²) in [5, 5.41) is 1.84. The maximum Gasteiger partial charge on any atom is 0.167 e. The molecule has 0 spiro atoms. The number of carbonyl (C=O) groups is 1. The molecule has 0 saturated heterocycles. The lowest BCUT2D eigenvalue weighted by molar-refractivity contribution is 0.0994. The Morgan fingerprint density at radius 2 is 1.85 bits per heavy atom. The van der Waals surface area contributed by atoms with E-state index in [4.69, 9.17) is 0 Å². The average molecular weight is 265 g/mol. The molecule has 3 heteroatoms. The molecule has 0 fully saturated rings. The fourth-order valence-corrected chi connectivity index (χ4v) is 2.25. The van der Waals surface area contributed by atoms with Crippen LogP contribution in [0.4, 0.5) is 4.39 Å². The van der Waals surface area contributed by atoms with Gasteiger partial charge >= 0.3 is 0 Å². The molecule has 0 unspecified atom stereocenters. The predicted octanol–water partition coefficient (Wildman–Crippen LogP) is 3.80. The fourth-order valence-electron chi connectivity index (χ4n) is 2.25. The first-order valence-corrected chi connectivity index (χ1v) is 6.34. The Labute approximate surface area is 115 Å². The second-order valence-corrected chi connectivity index (χ2v) is 4.63. The Kier molecular flexibility index (Phi) is 3.25. The largest absolute Gasteiger partial charge is 0.294 e. The molecular formula is C17H12FNO. The number of pyridine rings is 1. The topological polar surface area (TPSA) is 30.0 Å². The Bertz CT molecular complexity index is 760. The molecule has 1 aromatic heterocycles. The van der Waals surface area contributed by atoms with Crippen LogP contribution >= 0.6 is 0 Å². The zero-order valence-corrected chi connectivity index (χ0v) is 10.7. The van der Waals surface area contributed by atoms with Crippen molar-refractivity contribution in [1.82, 2.24) is 4.98 Å². The zero-order valence-electron chi connectivity index (χ0n) is 10.7. The van der Waals surface area contributed by atoms with Crippen LogP contribution in [-0.4, -0.2) is 10.8 Å². The number of rotatable bonds is 3. The van der Waals surface area contributed by atoms with Crippen LogP contribution in [0.2, 0.25) is 0 Å². The van der Waals surface area contributed by atoms with Crippen LogP contribution < -0.4 is 0 Å². The lowest BCUT2D eigenvalue weighted by Gasteiger charge is -2.05. The van der Waals surface area contributed by atoms with Crippen molar-refractivity contribution in [2.45, 2.75) is 6.42 Å². The molecule has 0 saturated carbocycles. The monoisotopic (exact) mass is 265 g/mol. The molecule has 3 rings (SSSR count). The highest BCUT2D eigenvalue weighted by atomic mass is 19.1. The number of hydrogen-bond acceptors (Lipinski definition) is 2. The first kappa shape index (κ1) is 12.5. The minimum atomic E-state index is -0.294. The minimum Gasteiger partial charge on any atom is -0.294 e. The van der Waals surface area contributed by atoms with Gasteiger partial charge in [0.05, 0.1) is 0 Å². The van der Waals surface area contributed by atoms with Gasteiger partial charge in [-0.05, 0) is 29.1 Å². The van der Waals surface area contributed by atoms with E-state index in [1.54, 1.807) is 24.5 Å². The van der Waals surface area contributed by atoms with Gasteiger partial charge in [0.1, 0.15) is 5.82 Å². The van der Waals surface area contributed by atoms with Gasteiger partial charge in [0.15, 0.2) is 5.78 Å². The van der Waals surface area contributed by atoms with E-state index in [1.807, 2.05) is 24.3 Å². The Hall–Kier alpha value is -2.55. The van der Waals surface area contributed by atoms with Crippen molar-refractivity contribution >= 4 is 16.6 Å². The molecule has 2 aromatic carbocycles. The highest BCUT2D eigenvalue weighted by molar-refractivity contribution is 6.08. The number of hydrogen-bond donors (Lipinski definition) is 0. The molecule has 0 aliphatic rings. The van der Waals surface area contributed by atoms with Crippen LogP contribution in [0.5, 0.6) is 0 Å². The Balaban J connectivity index is 1.94. The molecule has 0 aliphatic carbocycles. The van der Waals surface area contributed by atoms with E-state index >= 15 is 0 Å². The number of halogens is 1. The van der Waals surface area contributed by atoms with Crippen LogP contribution in [0.25, 0.3) is 10.8 Å². The molecule has 0 amide bonds. The number of nitrogens with zero attached hydrogens (tertiary/aromatic N) is 1. The third kappa shape index (κ3) is 2.43. The van der Waals surface area contributed by atoms with Gasteiger partial charge in [-0.15, -0.1) is 0 Å². The van der Waals surface area contributed by atoms with E-state index < -0.39 is 0 Å². The van der Waals surface area contributed by atoms with Gasteiger partial charge in [-0.1, -0.05) is 30.3 Å². The van der Waals surface area contributed by atoms with Gasteiger partial charge in [0, 0.05) is 29.8 Å². The molecule has 0 N–H and O–H groups in total. The van der Waals surface area contributed by atoms with Crippen LogP contribution in [0, 0.1) is 5.82 Å². The third-order valence-corrected chi connectivity index (χ3v) is 3.26. The van der Waals surface area contributed by atoms with E-state index in [2.05, 4.69) is 4.98 Å². The molecule has 2 nitrogen and oxygen atoms in total. The molecule has 1 heterocycles. The van der Waals surface area contributed by atoms with Gasteiger partial charge < -0.3 is 0 Å². The summed E-state index contributed by atoms with van der Waals surface area (Å²) < 4.78 is 12.9. The number of benzene rings is 2. The number of Topliss-reactive ketones (excluding diaryl/α,β-unsaturated/α-hetero) is 1. The molecular weight excluding hydrogens is 253 g/mol. The molecule has 0 atom stereocenters. The third-order valence-electron chi connectivity index (χ3n) is 3.26. The first-order valence-electron chi connectivity index (χ1n) is 6.34. The Morgan fingerprint density at radius 1 is 1.05 bits per heavy atom. The predicted molar refractivity (Wildman–Crippen MR) is 76.2 cm³/mol. The second kappa shape index (κ2) is 5.21. The van der Waals surface area contributed by atoms with E-state index in [0.29, 0.717) is 5.56 Å². The lowest BCUT2D eigenvalue weighted by Crippen LogP contribution is -2.04. The summed E-state index contributed by atoms with van der Waals surface area (Å²) in [5.41, 5.74) is 1.48. The Morgan fingerprint density at radius 3 is 2.65 bits per heavy atom. The zero-order chi connectivity index (χ0) is 13.9. The van der Waals surface area contributed by atoms with Crippen molar-refractivity contribution < 1.29 is 9.18 Å². The van der Waals surface area contributed by atoms with Crippen molar-refractivity contribution in [2.24, 2.45) is 0 Å². The molecule has 0 radical (unpaired) electrons. The van der Waals surface area contributed by atoms with Gasteiger partial charge in [0.2, 0.25) is 0 Å². The highest BCUT2D eigenvalue weighted by Gasteiger charge is 2.10.